The maximum Gasteiger partial charge on any atom is 0.352 e. The predicted octanol–water partition coefficient (Wildman–Crippen LogP) is -6.56. The molecule has 0 aromatic carbocycles. The van der Waals surface area contributed by atoms with Gasteiger partial charge in [0.1, 0.15) is 73.4 Å². The lowest BCUT2D eigenvalue weighted by atomic mass is 9.97. The molecule has 280 valence electrons. The molecule has 5 heterocycles. The van der Waals surface area contributed by atoms with Gasteiger partial charge in [0.05, 0.1) is 45.8 Å². The van der Waals surface area contributed by atoms with Gasteiger partial charge < -0.3 is 74.4 Å². The second kappa shape index (κ2) is 16.5. The van der Waals surface area contributed by atoms with Gasteiger partial charge in [0.15, 0.2) is 18.4 Å². The van der Waals surface area contributed by atoms with Gasteiger partial charge in [-0.2, -0.15) is 4.98 Å². The Morgan fingerprint density at radius 3 is 2.22 bits per heavy atom. The highest BCUT2D eigenvalue weighted by atomic mass is 16.7. The molecule has 3 aliphatic heterocycles. The van der Waals surface area contributed by atoms with Crippen LogP contribution in [-0.2, 0) is 48.1 Å². The third-order valence-corrected chi connectivity index (χ3v) is 8.54. The molecule has 0 aliphatic carbocycles. The molecular weight excluding hydrogens is 678 g/mol. The Bertz CT molecular complexity index is 1490. The van der Waals surface area contributed by atoms with E-state index in [1.807, 2.05) is 0 Å². The molecule has 3 fully saturated rings. The highest BCUT2D eigenvalue weighted by molar-refractivity contribution is 5.81. The first-order valence-electron chi connectivity index (χ1n) is 15.6. The van der Waals surface area contributed by atoms with Gasteiger partial charge in [0.2, 0.25) is 5.88 Å². The first-order chi connectivity index (χ1) is 23.9. The van der Waals surface area contributed by atoms with Gasteiger partial charge in [-0.3, -0.25) is 9.36 Å². The molecule has 0 saturated carbocycles. The molecule has 5 rings (SSSR count). The van der Waals surface area contributed by atoms with E-state index in [2.05, 4.69) is 15.3 Å². The highest BCUT2D eigenvalue weighted by Gasteiger charge is 2.50. The fourth-order valence-corrected chi connectivity index (χ4v) is 5.84. The van der Waals surface area contributed by atoms with Crippen LogP contribution in [0.3, 0.4) is 0 Å². The van der Waals surface area contributed by atoms with E-state index < -0.39 is 111 Å². The maximum absolute atomic E-state index is 13.0. The maximum atomic E-state index is 13.0. The van der Waals surface area contributed by atoms with Gasteiger partial charge in [0.25, 0.3) is 0 Å². The number of ketones is 1. The minimum absolute atomic E-state index is 0.0232. The third kappa shape index (κ3) is 8.18. The number of aliphatic hydroxyl groups is 9. The number of hydrogen-bond acceptors (Lipinski definition) is 20. The van der Waals surface area contributed by atoms with Crippen LogP contribution in [0.25, 0.3) is 0 Å². The minimum Gasteiger partial charge on any atom is -0.481 e. The molecular formula is C28H41N5O17. The molecule has 0 bridgehead atoms. The summed E-state index contributed by atoms with van der Waals surface area (Å²) >= 11 is 0. The molecule has 9 N–H and O–H groups in total. The average Bonchev–Trinajstić information content (AvgIpc) is 3.72. The zero-order valence-electron chi connectivity index (χ0n) is 26.6. The van der Waals surface area contributed by atoms with Gasteiger partial charge in [-0.25, -0.2) is 9.48 Å². The minimum atomic E-state index is -1.81. The van der Waals surface area contributed by atoms with Crippen LogP contribution in [0, 0.1) is 0 Å². The Morgan fingerprint density at radius 2 is 1.56 bits per heavy atom. The van der Waals surface area contributed by atoms with Crippen LogP contribution in [-0.4, -0.2) is 177 Å². The molecule has 0 radical (unpaired) electrons. The van der Waals surface area contributed by atoms with E-state index in [1.165, 1.54) is 24.2 Å². The summed E-state index contributed by atoms with van der Waals surface area (Å²) in [6, 6.07) is 0. The molecule has 3 aliphatic rings. The van der Waals surface area contributed by atoms with E-state index in [0.717, 1.165) is 4.57 Å². The van der Waals surface area contributed by atoms with Crippen molar-refractivity contribution in [3.8, 4) is 5.88 Å². The Kier molecular flexibility index (Phi) is 12.6. The summed E-state index contributed by atoms with van der Waals surface area (Å²) in [4.78, 5) is 29.4. The summed E-state index contributed by atoms with van der Waals surface area (Å²) < 4.78 is 35.0. The fourth-order valence-electron chi connectivity index (χ4n) is 5.84. The fraction of sp³-hybridized carbons (Fsp3) is 0.750. The summed E-state index contributed by atoms with van der Waals surface area (Å²) in [5.74, 6) is -0.474. The number of aromatic nitrogens is 5. The van der Waals surface area contributed by atoms with E-state index in [1.54, 1.807) is 0 Å². The number of carbonyl (C=O) groups excluding carboxylic acids is 1. The molecule has 0 unspecified atom stereocenters. The molecule has 13 atom stereocenters. The van der Waals surface area contributed by atoms with Crippen molar-refractivity contribution in [3.63, 3.8) is 0 Å². The SMILES string of the molecule is COc1nc(=O)n([C@H]2C[C@H](O)[C@@H](CO)O2)cc1CC(=O)Cn1cc(CO[C@@H]2O[C@H](CO)[C@@H](O[C@@H]3O[C@H](CO)[C@H](O)[C@H](O)[C@H]3O)[C@H](O)[C@H]2O)nn1. The molecule has 0 spiro atoms. The second-order valence-electron chi connectivity index (χ2n) is 12.0. The average molecular weight is 720 g/mol. The number of methoxy groups -OCH3 is 1. The smallest absolute Gasteiger partial charge is 0.352 e. The summed E-state index contributed by atoms with van der Waals surface area (Å²) in [5.41, 5.74) is -0.302. The Labute approximate surface area is 282 Å². The Balaban J connectivity index is 1.16. The van der Waals surface area contributed by atoms with Gasteiger partial charge in [-0.1, -0.05) is 5.21 Å². The molecule has 2 aromatic heterocycles. The number of ether oxygens (including phenoxy) is 6. The van der Waals surface area contributed by atoms with Crippen LogP contribution in [0.5, 0.6) is 5.88 Å². The molecule has 50 heavy (non-hydrogen) atoms. The van der Waals surface area contributed by atoms with Crippen molar-refractivity contribution in [1.29, 1.82) is 0 Å². The standard InChI is InChI=1S/C28H41N5O17/c1-45-25-11(4-33(28(44)29-25)18-3-14(38)15(7-34)47-18)2-13(37)6-32-5-12(30-31-32)10-46-26-23(43)21(41)24(17(9-36)49-26)50-27-22(42)20(40)19(39)16(8-35)48-27/h4-5,14-24,26-27,34-36,38-43H,2-3,6-10H2,1H3/t14-,15+,16+,17+,18+,19-,20-,21+,22+,23+,24+,26+,27-/m0/s1. The zero-order chi connectivity index (χ0) is 36.3. The van der Waals surface area contributed by atoms with E-state index in [9.17, 15) is 55.5 Å². The number of carbonyl (C=O) groups is 1. The van der Waals surface area contributed by atoms with Gasteiger partial charge in [0, 0.05) is 24.6 Å². The second-order valence-corrected chi connectivity index (χ2v) is 12.0. The van der Waals surface area contributed by atoms with Crippen molar-refractivity contribution in [1.82, 2.24) is 24.5 Å². The van der Waals surface area contributed by atoms with E-state index in [0.29, 0.717) is 0 Å². The van der Waals surface area contributed by atoms with Crippen molar-refractivity contribution in [3.05, 3.63) is 34.1 Å². The number of hydrogen-bond donors (Lipinski definition) is 9. The first kappa shape index (κ1) is 38.2. The Morgan fingerprint density at radius 1 is 0.880 bits per heavy atom. The van der Waals surface area contributed by atoms with Crippen LogP contribution >= 0.6 is 0 Å². The number of nitrogens with zero attached hydrogens (tertiary/aromatic N) is 5. The lowest BCUT2D eigenvalue weighted by Gasteiger charge is -2.45. The zero-order valence-corrected chi connectivity index (χ0v) is 26.6. The molecule has 0 amide bonds. The van der Waals surface area contributed by atoms with Crippen molar-refractivity contribution in [2.24, 2.45) is 0 Å². The van der Waals surface area contributed by atoms with Gasteiger partial charge in [-0.15, -0.1) is 5.10 Å². The molecule has 3 saturated heterocycles. The summed E-state index contributed by atoms with van der Waals surface area (Å²) in [5, 5.41) is 98.3. The van der Waals surface area contributed by atoms with E-state index in [-0.39, 0.29) is 43.1 Å². The lowest BCUT2D eigenvalue weighted by molar-refractivity contribution is -0.360. The predicted molar refractivity (Wildman–Crippen MR) is 157 cm³/mol. The molecule has 2 aromatic rings. The van der Waals surface area contributed by atoms with Gasteiger partial charge >= 0.3 is 5.69 Å². The molecule has 22 nitrogen and oxygen atoms in total. The van der Waals surface area contributed by atoms with Crippen molar-refractivity contribution in [2.45, 2.75) is 106 Å². The lowest BCUT2D eigenvalue weighted by Crippen LogP contribution is -2.64. The third-order valence-electron chi connectivity index (χ3n) is 8.54. The van der Waals surface area contributed by atoms with Gasteiger partial charge in [-0.05, 0) is 0 Å². The highest BCUT2D eigenvalue weighted by Crippen LogP contribution is 2.31. The largest absolute Gasteiger partial charge is 0.481 e. The summed E-state index contributed by atoms with van der Waals surface area (Å²) in [6.45, 7) is -2.53. The topological polar surface area (TPSA) is 320 Å². The Hall–Kier alpha value is -3.07. The van der Waals surface area contributed by atoms with Crippen molar-refractivity contribution >= 4 is 5.78 Å². The number of Topliss-reactive ketones (excluding diaryl/α,β-unsaturated/α-hetero) is 1. The normalized spacial score (nSPS) is 36.1. The van der Waals surface area contributed by atoms with E-state index >= 15 is 0 Å². The van der Waals surface area contributed by atoms with Crippen molar-refractivity contribution < 1.29 is 79.2 Å². The monoisotopic (exact) mass is 719 g/mol. The van der Waals surface area contributed by atoms with Crippen LogP contribution < -0.4 is 10.4 Å². The van der Waals surface area contributed by atoms with Crippen LogP contribution in [0.4, 0.5) is 0 Å². The first-order valence-corrected chi connectivity index (χ1v) is 15.6. The van der Waals surface area contributed by atoms with Crippen LogP contribution in [0.15, 0.2) is 17.2 Å². The number of aliphatic hydroxyl groups excluding tert-OH is 9. The van der Waals surface area contributed by atoms with E-state index in [4.69, 9.17) is 28.4 Å². The summed E-state index contributed by atoms with van der Waals surface area (Å²) in [7, 11) is 1.28. The summed E-state index contributed by atoms with van der Waals surface area (Å²) in [6.07, 6.45) is -16.4. The quantitative estimate of drug-likeness (QED) is 0.0876. The van der Waals surface area contributed by atoms with Crippen molar-refractivity contribution in [2.75, 3.05) is 26.9 Å². The van der Waals surface area contributed by atoms with Crippen LogP contribution in [0.1, 0.15) is 23.9 Å². The van der Waals surface area contributed by atoms with Crippen LogP contribution in [0.2, 0.25) is 0 Å². The molecule has 22 heteroatoms. The number of rotatable bonds is 14.